The molecule has 0 radical (unpaired) electrons. The third kappa shape index (κ3) is 10.4. The van der Waals surface area contributed by atoms with Crippen LogP contribution in [0.2, 0.25) is 0 Å². The van der Waals surface area contributed by atoms with Crippen LogP contribution in [0.4, 0.5) is 0 Å². The summed E-state index contributed by atoms with van der Waals surface area (Å²) >= 11 is 0. The van der Waals surface area contributed by atoms with Gasteiger partial charge in [0, 0.05) is 11.5 Å². The van der Waals surface area contributed by atoms with Gasteiger partial charge in [0.2, 0.25) is 0 Å². The van der Waals surface area contributed by atoms with Crippen LogP contribution in [0.5, 0.6) is 0 Å². The normalized spacial score (nSPS) is 18.7. The Morgan fingerprint density at radius 3 is 2.21 bits per heavy atom. The summed E-state index contributed by atoms with van der Waals surface area (Å²) in [4.78, 5) is 0. The van der Waals surface area contributed by atoms with Crippen LogP contribution < -0.4 is 0 Å². The zero-order valence-electron chi connectivity index (χ0n) is 18.8. The van der Waals surface area contributed by atoms with E-state index in [4.69, 9.17) is 0 Å². The van der Waals surface area contributed by atoms with Crippen molar-refractivity contribution in [2.45, 2.75) is 97.3 Å². The molecule has 0 saturated heterocycles. The van der Waals surface area contributed by atoms with Crippen LogP contribution in [0.1, 0.15) is 102 Å². The van der Waals surface area contributed by atoms with E-state index in [1.807, 2.05) is 12.2 Å². The molecule has 0 unspecified atom stereocenters. The zero-order valence-corrected chi connectivity index (χ0v) is 18.8. The van der Waals surface area contributed by atoms with Gasteiger partial charge in [-0.05, 0) is 74.3 Å². The highest BCUT2D eigenvalue weighted by Crippen LogP contribution is 2.31. The first-order chi connectivity index (χ1) is 14.3. The third-order valence-corrected chi connectivity index (χ3v) is 6.09. The molecule has 0 spiro atoms. The number of aryl methyl sites for hydroxylation is 1. The lowest BCUT2D eigenvalue weighted by molar-refractivity contribution is 0.294. The number of hydrogen-bond acceptors (Lipinski definition) is 0. The minimum absolute atomic E-state index is 0.597. The van der Waals surface area contributed by atoms with Crippen LogP contribution in [0.3, 0.4) is 0 Å². The van der Waals surface area contributed by atoms with E-state index >= 15 is 0 Å². The Kier molecular flexibility index (Phi) is 12.1. The summed E-state index contributed by atoms with van der Waals surface area (Å²) in [6, 6.07) is 8.65. The van der Waals surface area contributed by atoms with Gasteiger partial charge < -0.3 is 0 Å². The first-order valence-corrected chi connectivity index (χ1v) is 12.1. The summed E-state index contributed by atoms with van der Waals surface area (Å²) in [6.07, 6.45) is 21.3. The van der Waals surface area contributed by atoms with Crippen molar-refractivity contribution in [2.24, 2.45) is 11.8 Å². The van der Waals surface area contributed by atoms with Crippen LogP contribution >= 0.6 is 0 Å². The summed E-state index contributed by atoms with van der Waals surface area (Å²) in [5.41, 5.74) is 2.49. The van der Waals surface area contributed by atoms with Gasteiger partial charge >= 0.3 is 0 Å². The second kappa shape index (κ2) is 15.0. The van der Waals surface area contributed by atoms with E-state index in [9.17, 15) is 0 Å². The lowest BCUT2D eigenvalue weighted by Gasteiger charge is -2.25. The Bertz CT molecular complexity index is 690. The van der Waals surface area contributed by atoms with Crippen LogP contribution in [-0.2, 0) is 6.42 Å². The predicted octanol–water partition coefficient (Wildman–Crippen LogP) is 8.11. The first-order valence-electron chi connectivity index (χ1n) is 12.1. The van der Waals surface area contributed by atoms with Crippen molar-refractivity contribution in [3.63, 3.8) is 0 Å². The summed E-state index contributed by atoms with van der Waals surface area (Å²) in [5.74, 6) is 14.5. The van der Waals surface area contributed by atoms with Crippen molar-refractivity contribution in [2.75, 3.05) is 0 Å². The van der Waals surface area contributed by atoms with Gasteiger partial charge in [0.1, 0.15) is 0 Å². The quantitative estimate of drug-likeness (QED) is 0.296. The largest absolute Gasteiger partial charge is 0.0951 e. The standard InChI is InChI=1S/C29H40/c1-3-5-7-8-11-15-27-22-24-29(25-23-27)17-13-10-9-12-16-28-20-18-26(19-21-28)14-6-4-2/h9-10,18-21,27,29H,3-8,11,14-15,22-25H2,1-2H3/b10-9+/t27-,29-. The van der Waals surface area contributed by atoms with Crippen molar-refractivity contribution in [3.8, 4) is 23.7 Å². The number of rotatable bonds is 9. The van der Waals surface area contributed by atoms with Gasteiger partial charge in [-0.15, -0.1) is 0 Å². The maximum absolute atomic E-state index is 3.45. The molecule has 156 valence electrons. The van der Waals surface area contributed by atoms with Crippen molar-refractivity contribution >= 4 is 0 Å². The highest BCUT2D eigenvalue weighted by molar-refractivity contribution is 5.39. The van der Waals surface area contributed by atoms with Gasteiger partial charge in [-0.2, -0.15) is 0 Å². The monoisotopic (exact) mass is 388 g/mol. The maximum Gasteiger partial charge on any atom is 0.0249 e. The predicted molar refractivity (Wildman–Crippen MR) is 128 cm³/mol. The fraction of sp³-hybridized carbons (Fsp3) is 0.586. The van der Waals surface area contributed by atoms with E-state index in [1.54, 1.807) is 0 Å². The average Bonchev–Trinajstić information content (AvgIpc) is 2.76. The third-order valence-electron chi connectivity index (χ3n) is 6.09. The molecule has 0 N–H and O–H groups in total. The molecular weight excluding hydrogens is 348 g/mol. The van der Waals surface area contributed by atoms with Gasteiger partial charge in [-0.1, -0.05) is 94.6 Å². The molecule has 1 aliphatic rings. The summed E-state index contributed by atoms with van der Waals surface area (Å²) in [7, 11) is 0. The minimum Gasteiger partial charge on any atom is -0.0951 e. The molecule has 1 aromatic rings. The molecule has 0 bridgehead atoms. The Morgan fingerprint density at radius 1 is 0.793 bits per heavy atom. The Balaban J connectivity index is 1.64. The summed E-state index contributed by atoms with van der Waals surface area (Å²) in [5, 5.41) is 0. The molecule has 1 fully saturated rings. The molecule has 0 amide bonds. The fourth-order valence-corrected chi connectivity index (χ4v) is 4.14. The average molecular weight is 389 g/mol. The zero-order chi connectivity index (χ0) is 20.6. The summed E-state index contributed by atoms with van der Waals surface area (Å²) in [6.45, 7) is 4.52. The van der Waals surface area contributed by atoms with Gasteiger partial charge in [0.05, 0.1) is 0 Å². The van der Waals surface area contributed by atoms with E-state index in [-0.39, 0.29) is 0 Å². The number of unbranched alkanes of at least 4 members (excludes halogenated alkanes) is 5. The second-order valence-corrected chi connectivity index (χ2v) is 8.61. The summed E-state index contributed by atoms with van der Waals surface area (Å²) < 4.78 is 0. The first kappa shape index (κ1) is 23.4. The molecule has 2 rings (SSSR count). The maximum atomic E-state index is 3.45. The molecule has 0 aliphatic heterocycles. The lowest BCUT2D eigenvalue weighted by atomic mass is 9.80. The Hall–Kier alpha value is -1.92. The molecule has 0 aromatic heterocycles. The minimum atomic E-state index is 0.597. The molecule has 0 atom stereocenters. The van der Waals surface area contributed by atoms with Gasteiger partial charge in [0.15, 0.2) is 0 Å². The lowest BCUT2D eigenvalue weighted by Crippen LogP contribution is -2.13. The van der Waals surface area contributed by atoms with E-state index in [0.717, 1.165) is 11.5 Å². The molecule has 1 aliphatic carbocycles. The number of benzene rings is 1. The molecule has 0 nitrogen and oxygen atoms in total. The SMILES string of the molecule is CCCCCCC[C@H]1CC[C@H](C#C/C=C/C#Cc2ccc(CCCC)cc2)CC1. The van der Waals surface area contributed by atoms with Crippen LogP contribution in [0.25, 0.3) is 0 Å². The van der Waals surface area contributed by atoms with Crippen molar-refractivity contribution in [1.29, 1.82) is 0 Å². The fourth-order valence-electron chi connectivity index (χ4n) is 4.14. The second-order valence-electron chi connectivity index (χ2n) is 8.61. The highest BCUT2D eigenvalue weighted by atomic mass is 14.2. The van der Waals surface area contributed by atoms with Crippen LogP contribution in [-0.4, -0.2) is 0 Å². The van der Waals surface area contributed by atoms with E-state index in [1.165, 1.54) is 89.0 Å². The number of hydrogen-bond donors (Lipinski definition) is 0. The molecule has 1 saturated carbocycles. The molecular formula is C29H40. The Morgan fingerprint density at radius 2 is 1.48 bits per heavy atom. The van der Waals surface area contributed by atoms with Gasteiger partial charge in [0.25, 0.3) is 0 Å². The van der Waals surface area contributed by atoms with Crippen LogP contribution in [0, 0.1) is 35.5 Å². The topological polar surface area (TPSA) is 0 Å². The van der Waals surface area contributed by atoms with Gasteiger partial charge in [-0.3, -0.25) is 0 Å². The van der Waals surface area contributed by atoms with Gasteiger partial charge in [-0.25, -0.2) is 0 Å². The van der Waals surface area contributed by atoms with E-state index in [2.05, 4.69) is 61.8 Å². The van der Waals surface area contributed by atoms with Crippen molar-refractivity contribution in [3.05, 3.63) is 47.5 Å². The molecule has 29 heavy (non-hydrogen) atoms. The van der Waals surface area contributed by atoms with Crippen molar-refractivity contribution < 1.29 is 0 Å². The molecule has 1 aromatic carbocycles. The molecule has 0 heterocycles. The highest BCUT2D eigenvalue weighted by Gasteiger charge is 2.19. The van der Waals surface area contributed by atoms with E-state index in [0.29, 0.717) is 5.92 Å². The van der Waals surface area contributed by atoms with Crippen molar-refractivity contribution in [1.82, 2.24) is 0 Å². The smallest absolute Gasteiger partial charge is 0.0249 e. The van der Waals surface area contributed by atoms with Crippen LogP contribution in [0.15, 0.2) is 36.4 Å². The number of allylic oxidation sites excluding steroid dienone is 2. The van der Waals surface area contributed by atoms with E-state index < -0.39 is 0 Å². The molecule has 0 heteroatoms. The Labute approximate surface area is 180 Å².